The molecule has 1 aliphatic heterocycles. The Balaban J connectivity index is 2.55. The molecule has 0 bridgehead atoms. The van der Waals surface area contributed by atoms with Crippen molar-refractivity contribution in [3.05, 3.63) is 0 Å². The summed E-state index contributed by atoms with van der Waals surface area (Å²) in [4.78, 5) is 22.5. The molecule has 0 aromatic carbocycles. The zero-order valence-electron chi connectivity index (χ0n) is 11.4. The van der Waals surface area contributed by atoms with Gasteiger partial charge < -0.3 is 4.74 Å². The van der Waals surface area contributed by atoms with Crippen LogP contribution in [0.3, 0.4) is 0 Å². The molecule has 0 unspecified atom stereocenters. The van der Waals surface area contributed by atoms with Gasteiger partial charge in [-0.05, 0) is 33.6 Å². The van der Waals surface area contributed by atoms with E-state index >= 15 is 0 Å². The number of amides is 1. The summed E-state index contributed by atoms with van der Waals surface area (Å²) in [6.07, 6.45) is -0.410. The molecule has 0 radical (unpaired) electrons. The molecule has 0 spiro atoms. The highest BCUT2D eigenvalue weighted by atomic mass is 32.2. The number of nitrogens with zero attached hydrogens (tertiary/aromatic N) is 1. The summed E-state index contributed by atoms with van der Waals surface area (Å²) in [7, 11) is -3.88. The minimum Gasteiger partial charge on any atom is -0.446 e. The second kappa shape index (κ2) is 6.33. The molecule has 1 saturated heterocycles. The van der Waals surface area contributed by atoms with Crippen molar-refractivity contribution in [2.24, 2.45) is 5.92 Å². The smallest absolute Gasteiger partial charge is 0.422 e. The van der Waals surface area contributed by atoms with Gasteiger partial charge in [-0.15, -0.1) is 0 Å². The van der Waals surface area contributed by atoms with E-state index in [4.69, 9.17) is 4.74 Å². The predicted molar refractivity (Wildman–Crippen MR) is 68.7 cm³/mol. The van der Waals surface area contributed by atoms with Crippen LogP contribution in [-0.4, -0.2) is 43.8 Å². The van der Waals surface area contributed by atoms with E-state index < -0.39 is 22.4 Å². The second-order valence-electron chi connectivity index (χ2n) is 4.85. The van der Waals surface area contributed by atoms with Crippen molar-refractivity contribution in [2.45, 2.75) is 39.7 Å². The van der Waals surface area contributed by atoms with E-state index in [0.29, 0.717) is 12.8 Å². The Bertz CT molecular complexity index is 438. The molecule has 19 heavy (non-hydrogen) atoms. The van der Waals surface area contributed by atoms with Crippen LogP contribution in [0.4, 0.5) is 4.79 Å². The van der Waals surface area contributed by atoms with Gasteiger partial charge in [0.25, 0.3) is 0 Å². The van der Waals surface area contributed by atoms with Crippen LogP contribution in [0.2, 0.25) is 0 Å². The molecule has 1 N–H and O–H groups in total. The molecule has 1 aliphatic rings. The third-order valence-electron chi connectivity index (χ3n) is 2.92. The molecular weight excluding hydrogens is 272 g/mol. The van der Waals surface area contributed by atoms with E-state index in [0.717, 1.165) is 4.31 Å². The number of ether oxygens (including phenoxy) is 1. The maximum Gasteiger partial charge on any atom is 0.422 e. The van der Waals surface area contributed by atoms with Crippen molar-refractivity contribution < 1.29 is 22.7 Å². The molecule has 110 valence electrons. The van der Waals surface area contributed by atoms with Crippen LogP contribution in [-0.2, 0) is 19.7 Å². The van der Waals surface area contributed by atoms with Gasteiger partial charge >= 0.3 is 16.3 Å². The number of piperidine rings is 1. The first kappa shape index (κ1) is 15.9. The Hall–Kier alpha value is -1.15. The number of hydrogen-bond donors (Lipinski definition) is 1. The molecule has 7 nitrogen and oxygen atoms in total. The van der Waals surface area contributed by atoms with Gasteiger partial charge in [-0.3, -0.25) is 4.79 Å². The Labute approximate surface area is 113 Å². The number of hydrogen-bond acceptors (Lipinski definition) is 5. The van der Waals surface area contributed by atoms with Crippen LogP contribution in [0.1, 0.15) is 33.6 Å². The molecule has 1 amide bonds. The topological polar surface area (TPSA) is 92.8 Å². The summed E-state index contributed by atoms with van der Waals surface area (Å²) < 4.78 is 31.5. The Morgan fingerprint density at radius 2 is 1.79 bits per heavy atom. The number of rotatable bonds is 4. The molecular formula is C11H20N2O5S. The number of carbonyl (C=O) groups is 2. The summed E-state index contributed by atoms with van der Waals surface area (Å²) in [6.45, 7) is 5.23. The lowest BCUT2D eigenvalue weighted by Gasteiger charge is -2.29. The van der Waals surface area contributed by atoms with E-state index in [2.05, 4.69) is 0 Å². The second-order valence-corrected chi connectivity index (χ2v) is 6.52. The number of Topliss-reactive ketones (excluding diaryl/α,β-unsaturated/α-hetero) is 1. The highest BCUT2D eigenvalue weighted by Gasteiger charge is 2.31. The van der Waals surface area contributed by atoms with Crippen LogP contribution in [0.25, 0.3) is 0 Å². The summed E-state index contributed by atoms with van der Waals surface area (Å²) in [5, 5.41) is 0. The SMILES string of the molecule is CC(=O)C1CCN(S(=O)(=O)NC(=O)OC(C)C)CC1. The summed E-state index contributed by atoms with van der Waals surface area (Å²) in [5.41, 5.74) is 0. The van der Waals surface area contributed by atoms with E-state index in [1.54, 1.807) is 13.8 Å². The molecule has 0 aliphatic carbocycles. The first-order valence-corrected chi connectivity index (χ1v) is 7.65. The minimum atomic E-state index is -3.88. The standard InChI is InChI=1S/C11H20N2O5S/c1-8(2)18-11(15)12-19(16,17)13-6-4-10(5-7-13)9(3)14/h8,10H,4-7H2,1-3H3,(H,12,15). The fourth-order valence-electron chi connectivity index (χ4n) is 1.91. The van der Waals surface area contributed by atoms with E-state index in [1.165, 1.54) is 6.92 Å². The molecule has 0 aromatic heterocycles. The minimum absolute atomic E-state index is 0.0734. The van der Waals surface area contributed by atoms with Crippen molar-refractivity contribution in [3.8, 4) is 0 Å². The zero-order chi connectivity index (χ0) is 14.6. The fourth-order valence-corrected chi connectivity index (χ4v) is 2.99. The predicted octanol–water partition coefficient (Wildman–Crippen LogP) is 0.667. The average Bonchev–Trinajstić information content (AvgIpc) is 2.27. The lowest BCUT2D eigenvalue weighted by Crippen LogP contribution is -2.47. The third-order valence-corrected chi connectivity index (χ3v) is 4.39. The van der Waals surface area contributed by atoms with Gasteiger partial charge in [-0.25, -0.2) is 9.52 Å². The monoisotopic (exact) mass is 292 g/mol. The van der Waals surface area contributed by atoms with Crippen molar-refractivity contribution in [2.75, 3.05) is 13.1 Å². The Morgan fingerprint density at radius 1 is 1.26 bits per heavy atom. The number of ketones is 1. The van der Waals surface area contributed by atoms with Gasteiger partial charge in [-0.2, -0.15) is 12.7 Å². The molecule has 0 aromatic rings. The Morgan fingerprint density at radius 3 is 2.21 bits per heavy atom. The van der Waals surface area contributed by atoms with Crippen molar-refractivity contribution in [3.63, 3.8) is 0 Å². The number of nitrogens with one attached hydrogen (secondary N) is 1. The van der Waals surface area contributed by atoms with Gasteiger partial charge in [0.2, 0.25) is 0 Å². The quantitative estimate of drug-likeness (QED) is 0.822. The van der Waals surface area contributed by atoms with Crippen LogP contribution in [0, 0.1) is 5.92 Å². The summed E-state index contributed by atoms with van der Waals surface area (Å²) in [6, 6.07) is 0. The highest BCUT2D eigenvalue weighted by Crippen LogP contribution is 2.19. The van der Waals surface area contributed by atoms with Crippen molar-refractivity contribution in [1.82, 2.24) is 9.03 Å². The third kappa shape index (κ3) is 4.79. The first-order chi connectivity index (χ1) is 8.72. The molecule has 1 fully saturated rings. The molecule has 1 rings (SSSR count). The van der Waals surface area contributed by atoms with Crippen LogP contribution in [0.5, 0.6) is 0 Å². The Kier molecular flexibility index (Phi) is 5.30. The maximum atomic E-state index is 11.9. The maximum absolute atomic E-state index is 11.9. The lowest BCUT2D eigenvalue weighted by molar-refractivity contribution is -0.121. The summed E-state index contributed by atoms with van der Waals surface area (Å²) >= 11 is 0. The van der Waals surface area contributed by atoms with Gasteiger partial charge in [-0.1, -0.05) is 0 Å². The zero-order valence-corrected chi connectivity index (χ0v) is 12.2. The van der Waals surface area contributed by atoms with Crippen LogP contribution >= 0.6 is 0 Å². The van der Waals surface area contributed by atoms with Crippen LogP contribution in [0.15, 0.2) is 0 Å². The normalized spacial score (nSPS) is 18.3. The average molecular weight is 292 g/mol. The molecule has 0 saturated carbocycles. The molecule has 8 heteroatoms. The van der Waals surface area contributed by atoms with E-state index in [9.17, 15) is 18.0 Å². The lowest BCUT2D eigenvalue weighted by atomic mass is 9.95. The van der Waals surface area contributed by atoms with E-state index in [1.807, 2.05) is 4.72 Å². The number of carbonyl (C=O) groups excluding carboxylic acids is 2. The van der Waals surface area contributed by atoms with Crippen molar-refractivity contribution in [1.29, 1.82) is 0 Å². The van der Waals surface area contributed by atoms with E-state index in [-0.39, 0.29) is 24.8 Å². The van der Waals surface area contributed by atoms with Crippen molar-refractivity contribution >= 4 is 22.1 Å². The summed E-state index contributed by atoms with van der Waals surface area (Å²) in [5.74, 6) is -0.0155. The molecule has 1 heterocycles. The van der Waals surface area contributed by atoms with Gasteiger partial charge in [0.15, 0.2) is 0 Å². The molecule has 0 atom stereocenters. The van der Waals surface area contributed by atoms with Gasteiger partial charge in [0.1, 0.15) is 5.78 Å². The van der Waals surface area contributed by atoms with Gasteiger partial charge in [0.05, 0.1) is 6.10 Å². The van der Waals surface area contributed by atoms with Crippen LogP contribution < -0.4 is 4.72 Å². The fraction of sp³-hybridized carbons (Fsp3) is 0.818. The first-order valence-electron chi connectivity index (χ1n) is 6.21. The largest absolute Gasteiger partial charge is 0.446 e. The van der Waals surface area contributed by atoms with Gasteiger partial charge in [0, 0.05) is 19.0 Å². The highest BCUT2D eigenvalue weighted by molar-refractivity contribution is 7.87.